The fourth-order valence-corrected chi connectivity index (χ4v) is 2.33. The van der Waals surface area contributed by atoms with Crippen molar-refractivity contribution in [3.05, 3.63) is 21.5 Å². The molecule has 1 atom stereocenters. The number of nitrogens with zero attached hydrogens (tertiary/aromatic N) is 3. The van der Waals surface area contributed by atoms with E-state index in [1.165, 1.54) is 18.5 Å². The predicted molar refractivity (Wildman–Crippen MR) is 73.0 cm³/mol. The van der Waals surface area contributed by atoms with E-state index in [4.69, 9.17) is 9.47 Å². The summed E-state index contributed by atoms with van der Waals surface area (Å²) in [7, 11) is 0. The van der Waals surface area contributed by atoms with Crippen molar-refractivity contribution in [2.24, 2.45) is 5.41 Å². The van der Waals surface area contributed by atoms with Crippen LogP contribution < -0.4 is 0 Å². The minimum absolute atomic E-state index is 0.131. The third-order valence-electron chi connectivity index (χ3n) is 3.56. The summed E-state index contributed by atoms with van der Waals surface area (Å²) in [5, 5.41) is 14.9. The topological polar surface area (TPSA) is 114 Å². The van der Waals surface area contributed by atoms with Gasteiger partial charge in [-0.3, -0.25) is 19.6 Å². The van der Waals surface area contributed by atoms with Gasteiger partial charge < -0.3 is 9.47 Å². The van der Waals surface area contributed by atoms with Crippen molar-refractivity contribution in [3.63, 3.8) is 0 Å². The summed E-state index contributed by atoms with van der Waals surface area (Å²) in [6.45, 7) is 6.37. The van der Waals surface area contributed by atoms with E-state index in [0.29, 0.717) is 0 Å². The molecule has 1 aliphatic heterocycles. The molecule has 0 N–H and O–H groups in total. The normalized spacial score (nSPS) is 19.8. The Bertz CT molecular complexity index is 648. The highest BCUT2D eigenvalue weighted by Gasteiger charge is 2.46. The van der Waals surface area contributed by atoms with Gasteiger partial charge in [0.25, 0.3) is 0 Å². The van der Waals surface area contributed by atoms with Crippen LogP contribution >= 0.6 is 0 Å². The van der Waals surface area contributed by atoms with Crippen LogP contribution in [0.2, 0.25) is 0 Å². The first-order valence-electron chi connectivity index (χ1n) is 6.68. The van der Waals surface area contributed by atoms with Gasteiger partial charge in [0, 0.05) is 5.41 Å². The van der Waals surface area contributed by atoms with Crippen molar-refractivity contribution in [3.8, 4) is 0 Å². The Labute approximate surface area is 126 Å². The van der Waals surface area contributed by atoms with Crippen LogP contribution in [0.25, 0.3) is 0 Å². The lowest BCUT2D eigenvalue weighted by Crippen LogP contribution is -2.36. The summed E-state index contributed by atoms with van der Waals surface area (Å²) >= 11 is 0. The zero-order valence-electron chi connectivity index (χ0n) is 12.8. The molecule has 0 amide bonds. The number of cyclic esters (lactones) is 1. The monoisotopic (exact) mass is 311 g/mol. The third kappa shape index (κ3) is 2.78. The lowest BCUT2D eigenvalue weighted by Gasteiger charge is -2.21. The molecule has 22 heavy (non-hydrogen) atoms. The van der Waals surface area contributed by atoms with Gasteiger partial charge in [-0.2, -0.15) is 5.10 Å². The Morgan fingerprint density at radius 1 is 1.55 bits per heavy atom. The molecule has 120 valence electrons. The Morgan fingerprint density at radius 2 is 2.18 bits per heavy atom. The van der Waals surface area contributed by atoms with E-state index in [9.17, 15) is 19.7 Å². The van der Waals surface area contributed by atoms with E-state index >= 15 is 0 Å². The Kier molecular flexibility index (Phi) is 3.90. The van der Waals surface area contributed by atoms with Crippen LogP contribution in [0.5, 0.6) is 0 Å². The van der Waals surface area contributed by atoms with Gasteiger partial charge in [0.05, 0.1) is 4.92 Å². The van der Waals surface area contributed by atoms with Crippen LogP contribution in [0.3, 0.4) is 0 Å². The second-order valence-corrected chi connectivity index (χ2v) is 5.90. The number of hydrogen-bond acceptors (Lipinski definition) is 7. The van der Waals surface area contributed by atoms with Crippen molar-refractivity contribution in [2.45, 2.75) is 40.3 Å². The number of nitro groups is 1. The van der Waals surface area contributed by atoms with E-state index in [-0.39, 0.29) is 30.2 Å². The van der Waals surface area contributed by atoms with Gasteiger partial charge in [-0.15, -0.1) is 0 Å². The molecule has 0 saturated carbocycles. The highest BCUT2D eigenvalue weighted by Crippen LogP contribution is 2.31. The van der Waals surface area contributed by atoms with Gasteiger partial charge in [0.15, 0.2) is 0 Å². The molecular weight excluding hydrogens is 294 g/mol. The third-order valence-corrected chi connectivity index (χ3v) is 3.56. The molecule has 2 heterocycles. The number of carbonyl (C=O) groups is 2. The second-order valence-electron chi connectivity index (χ2n) is 5.90. The van der Waals surface area contributed by atoms with Crippen LogP contribution in [-0.2, 0) is 25.6 Å². The van der Waals surface area contributed by atoms with Gasteiger partial charge in [0.2, 0.25) is 6.10 Å². The molecule has 1 saturated heterocycles. The fraction of sp³-hybridized carbons (Fsp3) is 0.615. The second kappa shape index (κ2) is 5.39. The van der Waals surface area contributed by atoms with Crippen molar-refractivity contribution >= 4 is 17.6 Å². The number of ether oxygens (including phenoxy) is 2. The van der Waals surface area contributed by atoms with Crippen LogP contribution in [0, 0.1) is 29.4 Å². The van der Waals surface area contributed by atoms with Gasteiger partial charge in [-0.1, -0.05) is 13.8 Å². The zero-order chi connectivity index (χ0) is 16.7. The van der Waals surface area contributed by atoms with Crippen LogP contribution in [0.1, 0.15) is 25.2 Å². The van der Waals surface area contributed by atoms with Crippen molar-refractivity contribution in [1.82, 2.24) is 9.78 Å². The first-order chi connectivity index (χ1) is 10.1. The molecule has 0 spiro atoms. The molecule has 1 aromatic rings. The van der Waals surface area contributed by atoms with Crippen molar-refractivity contribution in [1.29, 1.82) is 0 Å². The highest BCUT2D eigenvalue weighted by atomic mass is 16.6. The predicted octanol–water partition coefficient (Wildman–Crippen LogP) is 0.903. The maximum atomic E-state index is 12.0. The molecule has 2 rings (SSSR count). The van der Waals surface area contributed by atoms with E-state index in [1.54, 1.807) is 13.8 Å². The van der Waals surface area contributed by atoms with Gasteiger partial charge >= 0.3 is 17.6 Å². The molecule has 0 aromatic carbocycles. The van der Waals surface area contributed by atoms with Crippen LogP contribution in [-0.4, -0.2) is 39.4 Å². The molecule has 0 unspecified atom stereocenters. The largest absolute Gasteiger partial charge is 0.462 e. The SMILES string of the molecule is Cc1nn(CC(=O)O[C@H]2C(=O)OCC2(C)C)c(C)c1[N+](=O)[O-]. The summed E-state index contributed by atoms with van der Waals surface area (Å²) in [5.41, 5.74) is -0.259. The molecule has 1 fully saturated rings. The minimum atomic E-state index is -0.980. The number of rotatable bonds is 4. The van der Waals surface area contributed by atoms with E-state index in [2.05, 4.69) is 5.10 Å². The van der Waals surface area contributed by atoms with E-state index < -0.39 is 28.4 Å². The zero-order valence-corrected chi connectivity index (χ0v) is 12.8. The van der Waals surface area contributed by atoms with Gasteiger partial charge in [-0.05, 0) is 13.8 Å². The average molecular weight is 311 g/mol. The Balaban J connectivity index is 2.12. The molecule has 9 heteroatoms. The molecule has 0 radical (unpaired) electrons. The van der Waals surface area contributed by atoms with Crippen molar-refractivity contribution in [2.75, 3.05) is 6.61 Å². The maximum absolute atomic E-state index is 12.0. The van der Waals surface area contributed by atoms with Crippen molar-refractivity contribution < 1.29 is 24.0 Å². The molecule has 0 bridgehead atoms. The number of hydrogen-bond donors (Lipinski definition) is 0. The highest BCUT2D eigenvalue weighted by molar-refractivity contribution is 5.81. The quantitative estimate of drug-likeness (QED) is 0.461. The fourth-order valence-electron chi connectivity index (χ4n) is 2.33. The number of esters is 2. The standard InChI is InChI=1S/C13H17N3O6/c1-7-10(16(19)20)8(2)15(14-7)5-9(17)22-11-12(18)21-6-13(11,3)4/h11H,5-6H2,1-4H3/t11-/m0/s1. The Hall–Kier alpha value is -2.45. The smallest absolute Gasteiger partial charge is 0.348 e. The summed E-state index contributed by atoms with van der Waals surface area (Å²) in [5.74, 6) is -1.28. The van der Waals surface area contributed by atoms with Gasteiger partial charge in [-0.25, -0.2) is 4.79 Å². The lowest BCUT2D eigenvalue weighted by atomic mass is 9.90. The first kappa shape index (κ1) is 15.9. The van der Waals surface area contributed by atoms with E-state index in [1.807, 2.05) is 0 Å². The first-order valence-corrected chi connectivity index (χ1v) is 6.68. The molecule has 0 aliphatic carbocycles. The van der Waals surface area contributed by atoms with Crippen LogP contribution in [0.4, 0.5) is 5.69 Å². The summed E-state index contributed by atoms with van der Waals surface area (Å²) in [6.07, 6.45) is -0.980. The molecule has 1 aromatic heterocycles. The summed E-state index contributed by atoms with van der Waals surface area (Å²) in [4.78, 5) is 33.9. The van der Waals surface area contributed by atoms with Gasteiger partial charge in [0.1, 0.15) is 24.5 Å². The molecular formula is C13H17N3O6. The number of aryl methyl sites for hydroxylation is 1. The Morgan fingerprint density at radius 3 is 2.64 bits per heavy atom. The average Bonchev–Trinajstić information content (AvgIpc) is 2.80. The summed E-state index contributed by atoms with van der Waals surface area (Å²) in [6, 6.07) is 0. The lowest BCUT2D eigenvalue weighted by molar-refractivity contribution is -0.386. The maximum Gasteiger partial charge on any atom is 0.348 e. The number of aromatic nitrogens is 2. The number of carbonyl (C=O) groups excluding carboxylic acids is 2. The minimum Gasteiger partial charge on any atom is -0.462 e. The van der Waals surface area contributed by atoms with Crippen LogP contribution in [0.15, 0.2) is 0 Å². The molecule has 1 aliphatic rings. The van der Waals surface area contributed by atoms with E-state index in [0.717, 1.165) is 0 Å². The summed E-state index contributed by atoms with van der Waals surface area (Å²) < 4.78 is 11.2. The molecule has 9 nitrogen and oxygen atoms in total.